The molecule has 5 nitrogen and oxygen atoms in total. The number of carbonyl (C=O) groups excluding carboxylic acids is 1. The molecule has 1 aliphatic heterocycles. The largest absolute Gasteiger partial charge is 0.396 e. The Morgan fingerprint density at radius 1 is 1.48 bits per heavy atom. The Labute approximate surface area is 129 Å². The fourth-order valence-corrected chi connectivity index (χ4v) is 2.29. The zero-order chi connectivity index (χ0) is 15.3. The van der Waals surface area contributed by atoms with Crippen LogP contribution in [0.3, 0.4) is 0 Å². The molecular formula is C15H21ClN2O3. The van der Waals surface area contributed by atoms with E-state index in [1.54, 1.807) is 18.2 Å². The second-order valence-electron chi connectivity index (χ2n) is 5.45. The molecule has 6 heteroatoms. The van der Waals surface area contributed by atoms with Crippen molar-refractivity contribution in [3.63, 3.8) is 0 Å². The van der Waals surface area contributed by atoms with Crippen molar-refractivity contribution in [1.82, 2.24) is 5.32 Å². The summed E-state index contributed by atoms with van der Waals surface area (Å²) in [6, 6.07) is 5.13. The molecule has 2 rings (SSSR count). The molecule has 1 heterocycles. The van der Waals surface area contributed by atoms with Crippen LogP contribution in [0.15, 0.2) is 18.2 Å². The van der Waals surface area contributed by atoms with Crippen molar-refractivity contribution in [3.05, 3.63) is 28.8 Å². The number of hydrogen-bond acceptors (Lipinski definition) is 4. The first-order valence-electron chi connectivity index (χ1n) is 7.10. The van der Waals surface area contributed by atoms with Crippen molar-refractivity contribution >= 4 is 23.2 Å². The molecule has 1 saturated heterocycles. The predicted octanol–water partition coefficient (Wildman–Crippen LogP) is 1.90. The molecule has 1 amide bonds. The van der Waals surface area contributed by atoms with Gasteiger partial charge in [-0.3, -0.25) is 4.79 Å². The Kier molecular flexibility index (Phi) is 5.45. The summed E-state index contributed by atoms with van der Waals surface area (Å²) in [7, 11) is 0. The smallest absolute Gasteiger partial charge is 0.253 e. The number of amides is 1. The maximum absolute atomic E-state index is 12.1. The Hall–Kier alpha value is -1.30. The summed E-state index contributed by atoms with van der Waals surface area (Å²) in [5.41, 5.74) is 0.969. The van der Waals surface area contributed by atoms with Gasteiger partial charge in [0.15, 0.2) is 0 Å². The molecule has 0 bridgehead atoms. The van der Waals surface area contributed by atoms with Crippen molar-refractivity contribution in [2.24, 2.45) is 5.41 Å². The molecule has 0 aromatic heterocycles. The third-order valence-corrected chi connectivity index (χ3v) is 3.80. The van der Waals surface area contributed by atoms with Crippen molar-refractivity contribution in [2.45, 2.75) is 13.3 Å². The van der Waals surface area contributed by atoms with Crippen LogP contribution in [0.5, 0.6) is 0 Å². The van der Waals surface area contributed by atoms with E-state index in [0.29, 0.717) is 42.6 Å². The number of carbonyl (C=O) groups is 1. The molecule has 1 aromatic carbocycles. The molecule has 21 heavy (non-hydrogen) atoms. The highest BCUT2D eigenvalue weighted by Crippen LogP contribution is 2.29. The van der Waals surface area contributed by atoms with Crippen molar-refractivity contribution in [1.29, 1.82) is 0 Å². The van der Waals surface area contributed by atoms with Crippen LogP contribution in [0.25, 0.3) is 0 Å². The van der Waals surface area contributed by atoms with Gasteiger partial charge in [-0.05, 0) is 24.6 Å². The van der Waals surface area contributed by atoms with Crippen LogP contribution >= 0.6 is 11.6 Å². The quantitative estimate of drug-likeness (QED) is 0.719. The molecule has 0 unspecified atom stereocenters. The lowest BCUT2D eigenvalue weighted by molar-refractivity contribution is -0.128. The van der Waals surface area contributed by atoms with Crippen molar-refractivity contribution in [2.75, 3.05) is 38.2 Å². The minimum absolute atomic E-state index is 0.0535. The first-order valence-corrected chi connectivity index (χ1v) is 7.48. The molecule has 3 N–H and O–H groups in total. The van der Waals surface area contributed by atoms with Crippen LogP contribution in [-0.2, 0) is 4.74 Å². The second-order valence-corrected chi connectivity index (χ2v) is 5.89. The maximum Gasteiger partial charge on any atom is 0.253 e. The zero-order valence-corrected chi connectivity index (χ0v) is 12.9. The normalized spacial score (nSPS) is 16.1. The fraction of sp³-hybridized carbons (Fsp3) is 0.533. The van der Waals surface area contributed by atoms with Crippen LogP contribution in [0.4, 0.5) is 5.69 Å². The van der Waals surface area contributed by atoms with E-state index in [9.17, 15) is 9.90 Å². The Morgan fingerprint density at radius 3 is 2.81 bits per heavy atom. The van der Waals surface area contributed by atoms with E-state index in [1.807, 2.05) is 6.92 Å². The molecule has 1 aromatic rings. The Bertz CT molecular complexity index is 498. The molecule has 1 aliphatic rings. The van der Waals surface area contributed by atoms with Crippen LogP contribution in [0.1, 0.15) is 23.7 Å². The average Bonchev–Trinajstić information content (AvgIpc) is 2.44. The summed E-state index contributed by atoms with van der Waals surface area (Å²) in [4.78, 5) is 12.1. The lowest BCUT2D eigenvalue weighted by Crippen LogP contribution is -2.50. The lowest BCUT2D eigenvalue weighted by Gasteiger charge is -2.40. The maximum atomic E-state index is 12.1. The average molecular weight is 313 g/mol. The molecular weight excluding hydrogens is 292 g/mol. The number of benzene rings is 1. The summed E-state index contributed by atoms with van der Waals surface area (Å²) < 4.78 is 5.17. The number of halogens is 1. The minimum atomic E-state index is -0.264. The number of anilines is 1. The zero-order valence-electron chi connectivity index (χ0n) is 12.1. The monoisotopic (exact) mass is 312 g/mol. The summed E-state index contributed by atoms with van der Waals surface area (Å²) >= 11 is 6.01. The summed E-state index contributed by atoms with van der Waals surface area (Å²) in [6.45, 7) is 4.27. The van der Waals surface area contributed by atoms with Gasteiger partial charge in [-0.1, -0.05) is 18.5 Å². The van der Waals surface area contributed by atoms with Gasteiger partial charge in [0.25, 0.3) is 5.91 Å². The van der Waals surface area contributed by atoms with Gasteiger partial charge in [-0.2, -0.15) is 0 Å². The highest BCUT2D eigenvalue weighted by Gasteiger charge is 2.38. The summed E-state index contributed by atoms with van der Waals surface area (Å²) in [5, 5.41) is 16.1. The summed E-state index contributed by atoms with van der Waals surface area (Å²) in [5.74, 6) is -0.126. The van der Waals surface area contributed by atoms with E-state index in [-0.39, 0.29) is 17.9 Å². The first-order chi connectivity index (χ1) is 10.1. The van der Waals surface area contributed by atoms with Crippen LogP contribution in [0.2, 0.25) is 5.02 Å². The lowest BCUT2D eigenvalue weighted by atomic mass is 9.87. The topological polar surface area (TPSA) is 70.6 Å². The van der Waals surface area contributed by atoms with Gasteiger partial charge < -0.3 is 20.5 Å². The third-order valence-electron chi connectivity index (χ3n) is 3.57. The van der Waals surface area contributed by atoms with Gasteiger partial charge in [-0.25, -0.2) is 0 Å². The van der Waals surface area contributed by atoms with Gasteiger partial charge in [0.1, 0.15) is 0 Å². The van der Waals surface area contributed by atoms with Crippen LogP contribution < -0.4 is 10.6 Å². The number of ether oxygens (including phenoxy) is 1. The number of aliphatic hydroxyl groups excluding tert-OH is 1. The van der Waals surface area contributed by atoms with Crippen molar-refractivity contribution < 1.29 is 14.6 Å². The molecule has 0 spiro atoms. The van der Waals surface area contributed by atoms with E-state index < -0.39 is 0 Å². The van der Waals surface area contributed by atoms with E-state index in [2.05, 4.69) is 10.6 Å². The molecule has 1 fully saturated rings. The van der Waals surface area contributed by atoms with Gasteiger partial charge in [0.2, 0.25) is 0 Å². The van der Waals surface area contributed by atoms with Crippen molar-refractivity contribution in [3.8, 4) is 0 Å². The minimum Gasteiger partial charge on any atom is -0.396 e. The molecule has 0 aliphatic carbocycles. The number of aliphatic hydroxyl groups is 1. The Balaban J connectivity index is 2.09. The standard InChI is InChI=1S/C15H21ClN2O3/c1-2-5-17-14(20)12-4-3-11(16)6-13(12)18-7-15(8-19)9-21-10-15/h3-4,6,18-19H,2,5,7-10H2,1H3,(H,17,20). The number of nitrogens with one attached hydrogen (secondary N) is 2. The second kappa shape index (κ2) is 7.11. The van der Waals surface area contributed by atoms with Crippen LogP contribution in [0, 0.1) is 5.41 Å². The molecule has 116 valence electrons. The van der Waals surface area contributed by atoms with E-state index >= 15 is 0 Å². The third kappa shape index (κ3) is 3.87. The summed E-state index contributed by atoms with van der Waals surface area (Å²) in [6.07, 6.45) is 0.882. The van der Waals surface area contributed by atoms with Gasteiger partial charge >= 0.3 is 0 Å². The van der Waals surface area contributed by atoms with Crippen LogP contribution in [-0.4, -0.2) is 43.9 Å². The highest BCUT2D eigenvalue weighted by molar-refractivity contribution is 6.31. The fourth-order valence-electron chi connectivity index (χ4n) is 2.12. The highest BCUT2D eigenvalue weighted by atomic mass is 35.5. The number of hydrogen-bond donors (Lipinski definition) is 3. The van der Waals surface area contributed by atoms with E-state index in [4.69, 9.17) is 16.3 Å². The van der Waals surface area contributed by atoms with E-state index in [1.165, 1.54) is 0 Å². The van der Waals surface area contributed by atoms with Gasteiger partial charge in [0.05, 0.1) is 30.8 Å². The first kappa shape index (κ1) is 16.1. The Morgan fingerprint density at radius 2 is 2.24 bits per heavy atom. The molecule has 0 saturated carbocycles. The number of rotatable bonds is 7. The van der Waals surface area contributed by atoms with E-state index in [0.717, 1.165) is 6.42 Å². The van der Waals surface area contributed by atoms with Gasteiger partial charge in [0, 0.05) is 23.8 Å². The molecule has 0 atom stereocenters. The SMILES string of the molecule is CCCNC(=O)c1ccc(Cl)cc1NCC1(CO)COC1. The predicted molar refractivity (Wildman–Crippen MR) is 82.9 cm³/mol. The molecule has 0 radical (unpaired) electrons. The van der Waals surface area contributed by atoms with Gasteiger partial charge in [-0.15, -0.1) is 0 Å².